The van der Waals surface area contributed by atoms with Crippen molar-refractivity contribution >= 4 is 17.6 Å². The van der Waals surface area contributed by atoms with Crippen LogP contribution in [0, 0.1) is 12.3 Å². The fraction of sp³-hybridized carbons (Fsp3) is 0.500. The summed E-state index contributed by atoms with van der Waals surface area (Å²) in [6.07, 6.45) is 1.91. The Morgan fingerprint density at radius 2 is 1.95 bits per heavy atom. The molecular formula is C16H24N2O3. The fourth-order valence-corrected chi connectivity index (χ4v) is 2.12. The number of aromatic carboxylic acids is 1. The van der Waals surface area contributed by atoms with E-state index in [0.717, 1.165) is 12.0 Å². The van der Waals surface area contributed by atoms with E-state index in [1.165, 1.54) is 0 Å². The monoisotopic (exact) mass is 292 g/mol. The molecule has 0 bridgehead atoms. The Labute approximate surface area is 125 Å². The summed E-state index contributed by atoms with van der Waals surface area (Å²) in [5, 5.41) is 11.8. The number of carboxylic acid groups (broad SMARTS) is 1. The summed E-state index contributed by atoms with van der Waals surface area (Å²) in [4.78, 5) is 23.2. The highest BCUT2D eigenvalue weighted by molar-refractivity contribution is 6.00. The van der Waals surface area contributed by atoms with E-state index in [2.05, 4.69) is 19.2 Å². The van der Waals surface area contributed by atoms with Gasteiger partial charge in [0.15, 0.2) is 0 Å². The molecule has 1 rings (SSSR count). The van der Waals surface area contributed by atoms with E-state index in [9.17, 15) is 9.59 Å². The average Bonchev–Trinajstić information content (AvgIpc) is 2.38. The summed E-state index contributed by atoms with van der Waals surface area (Å²) in [5.41, 5.74) is 6.85. The molecule has 116 valence electrons. The summed E-state index contributed by atoms with van der Waals surface area (Å²) >= 11 is 0. The maximum absolute atomic E-state index is 12.0. The molecule has 0 unspecified atom stereocenters. The van der Waals surface area contributed by atoms with Gasteiger partial charge in [-0.1, -0.05) is 25.5 Å². The molecule has 5 heteroatoms. The summed E-state index contributed by atoms with van der Waals surface area (Å²) < 4.78 is 0. The standard InChI is InChI=1S/C16H24N2O3/c1-11-4-5-13(12(10-11)15(20)21)18-14(19)6-7-16(2,3)8-9-17/h4-5,10H,6-9,17H2,1-3H3,(H,18,19)(H,20,21). The first-order chi connectivity index (χ1) is 9.75. The molecule has 0 saturated carbocycles. The lowest BCUT2D eigenvalue weighted by Crippen LogP contribution is -2.21. The summed E-state index contributed by atoms with van der Waals surface area (Å²) in [6.45, 7) is 6.55. The molecule has 0 radical (unpaired) electrons. The Bertz CT molecular complexity index is 524. The van der Waals surface area contributed by atoms with Gasteiger partial charge in [0.05, 0.1) is 11.3 Å². The van der Waals surface area contributed by atoms with Crippen molar-refractivity contribution in [2.45, 2.75) is 40.0 Å². The van der Waals surface area contributed by atoms with E-state index in [0.29, 0.717) is 25.1 Å². The molecule has 4 N–H and O–H groups in total. The maximum atomic E-state index is 12.0. The second kappa shape index (κ2) is 7.22. The molecule has 1 aromatic carbocycles. The number of hydrogen-bond donors (Lipinski definition) is 3. The van der Waals surface area contributed by atoms with Crippen LogP contribution < -0.4 is 11.1 Å². The molecule has 0 heterocycles. The van der Waals surface area contributed by atoms with E-state index < -0.39 is 5.97 Å². The largest absolute Gasteiger partial charge is 0.478 e. The van der Waals surface area contributed by atoms with Crippen molar-refractivity contribution in [1.29, 1.82) is 0 Å². The van der Waals surface area contributed by atoms with Crippen molar-refractivity contribution in [1.82, 2.24) is 0 Å². The van der Waals surface area contributed by atoms with Gasteiger partial charge in [-0.05, 0) is 43.9 Å². The normalized spacial score (nSPS) is 11.2. The van der Waals surface area contributed by atoms with Crippen molar-refractivity contribution < 1.29 is 14.7 Å². The van der Waals surface area contributed by atoms with E-state index in [4.69, 9.17) is 10.8 Å². The van der Waals surface area contributed by atoms with E-state index in [1.54, 1.807) is 18.2 Å². The Morgan fingerprint density at radius 3 is 2.52 bits per heavy atom. The molecule has 0 aromatic heterocycles. The number of benzene rings is 1. The topological polar surface area (TPSA) is 92.4 Å². The molecule has 0 fully saturated rings. The van der Waals surface area contributed by atoms with Crippen LogP contribution in [0.2, 0.25) is 0 Å². The smallest absolute Gasteiger partial charge is 0.337 e. The van der Waals surface area contributed by atoms with Crippen molar-refractivity contribution in [3.05, 3.63) is 29.3 Å². The number of aryl methyl sites for hydroxylation is 1. The number of nitrogens with one attached hydrogen (secondary N) is 1. The molecule has 0 aliphatic carbocycles. The molecule has 0 atom stereocenters. The zero-order chi connectivity index (χ0) is 16.0. The summed E-state index contributed by atoms with van der Waals surface area (Å²) in [7, 11) is 0. The molecule has 1 amide bonds. The first-order valence-corrected chi connectivity index (χ1v) is 7.09. The molecule has 0 saturated heterocycles. The lowest BCUT2D eigenvalue weighted by molar-refractivity contribution is -0.116. The van der Waals surface area contributed by atoms with Gasteiger partial charge < -0.3 is 16.2 Å². The minimum absolute atomic E-state index is 0.00892. The number of carbonyl (C=O) groups is 2. The maximum Gasteiger partial charge on any atom is 0.337 e. The molecule has 0 aliphatic heterocycles. The zero-order valence-electron chi connectivity index (χ0n) is 12.9. The van der Waals surface area contributed by atoms with Crippen molar-refractivity contribution in [3.8, 4) is 0 Å². The van der Waals surface area contributed by atoms with Gasteiger partial charge in [0.2, 0.25) is 5.91 Å². The van der Waals surface area contributed by atoms with Crippen LogP contribution in [-0.4, -0.2) is 23.5 Å². The number of hydrogen-bond acceptors (Lipinski definition) is 3. The van der Waals surface area contributed by atoms with Crippen LogP contribution in [0.4, 0.5) is 5.69 Å². The zero-order valence-corrected chi connectivity index (χ0v) is 12.9. The Hall–Kier alpha value is -1.88. The molecule has 1 aromatic rings. The van der Waals surface area contributed by atoms with Gasteiger partial charge in [-0.15, -0.1) is 0 Å². The molecular weight excluding hydrogens is 268 g/mol. The lowest BCUT2D eigenvalue weighted by atomic mass is 9.84. The predicted molar refractivity (Wildman–Crippen MR) is 83.5 cm³/mol. The predicted octanol–water partition coefficient (Wildman–Crippen LogP) is 2.79. The number of anilines is 1. The van der Waals surface area contributed by atoms with Crippen LogP contribution in [0.15, 0.2) is 18.2 Å². The Morgan fingerprint density at radius 1 is 1.29 bits per heavy atom. The van der Waals surface area contributed by atoms with Crippen molar-refractivity contribution in [2.75, 3.05) is 11.9 Å². The molecule has 0 aliphatic rings. The van der Waals surface area contributed by atoms with Crippen LogP contribution in [0.3, 0.4) is 0 Å². The number of amides is 1. The fourth-order valence-electron chi connectivity index (χ4n) is 2.12. The van der Waals surface area contributed by atoms with Gasteiger partial charge in [-0.3, -0.25) is 4.79 Å². The second-order valence-corrected chi connectivity index (χ2v) is 6.11. The summed E-state index contributed by atoms with van der Waals surface area (Å²) in [6, 6.07) is 4.96. The minimum Gasteiger partial charge on any atom is -0.478 e. The summed E-state index contributed by atoms with van der Waals surface area (Å²) in [5.74, 6) is -1.22. The third-order valence-electron chi connectivity index (χ3n) is 3.53. The Kier molecular flexibility index (Phi) is 5.90. The molecule has 5 nitrogen and oxygen atoms in total. The van der Waals surface area contributed by atoms with Gasteiger partial charge in [-0.2, -0.15) is 0 Å². The van der Waals surface area contributed by atoms with Crippen LogP contribution in [0.5, 0.6) is 0 Å². The average molecular weight is 292 g/mol. The highest BCUT2D eigenvalue weighted by Gasteiger charge is 2.19. The number of rotatable bonds is 7. The van der Waals surface area contributed by atoms with Gasteiger partial charge in [-0.25, -0.2) is 4.79 Å². The molecule has 21 heavy (non-hydrogen) atoms. The third kappa shape index (κ3) is 5.55. The van der Waals surface area contributed by atoms with Crippen LogP contribution in [0.1, 0.15) is 49.0 Å². The number of nitrogens with two attached hydrogens (primary N) is 1. The Balaban J connectivity index is 2.69. The van der Waals surface area contributed by atoms with Crippen LogP contribution in [-0.2, 0) is 4.79 Å². The SMILES string of the molecule is Cc1ccc(NC(=O)CCC(C)(C)CCN)c(C(=O)O)c1. The van der Waals surface area contributed by atoms with Crippen molar-refractivity contribution in [3.63, 3.8) is 0 Å². The quantitative estimate of drug-likeness (QED) is 0.720. The number of carboxylic acids is 1. The van der Waals surface area contributed by atoms with Crippen molar-refractivity contribution in [2.24, 2.45) is 11.1 Å². The first-order valence-electron chi connectivity index (χ1n) is 7.09. The van der Waals surface area contributed by atoms with Crippen LogP contribution in [0.25, 0.3) is 0 Å². The minimum atomic E-state index is -1.04. The van der Waals surface area contributed by atoms with Crippen LogP contribution >= 0.6 is 0 Å². The van der Waals surface area contributed by atoms with Gasteiger partial charge in [0, 0.05) is 6.42 Å². The highest BCUT2D eigenvalue weighted by Crippen LogP contribution is 2.26. The number of carbonyl (C=O) groups excluding carboxylic acids is 1. The molecule has 0 spiro atoms. The van der Waals surface area contributed by atoms with Gasteiger partial charge in [0.1, 0.15) is 0 Å². The third-order valence-corrected chi connectivity index (χ3v) is 3.53. The van der Waals surface area contributed by atoms with E-state index in [-0.39, 0.29) is 16.9 Å². The first kappa shape index (κ1) is 17.2. The van der Waals surface area contributed by atoms with Gasteiger partial charge in [0.25, 0.3) is 0 Å². The van der Waals surface area contributed by atoms with E-state index >= 15 is 0 Å². The van der Waals surface area contributed by atoms with E-state index in [1.807, 2.05) is 6.92 Å². The van der Waals surface area contributed by atoms with Gasteiger partial charge >= 0.3 is 5.97 Å². The highest BCUT2D eigenvalue weighted by atomic mass is 16.4. The lowest BCUT2D eigenvalue weighted by Gasteiger charge is -2.23. The second-order valence-electron chi connectivity index (χ2n) is 6.11.